The third kappa shape index (κ3) is 2.02. The van der Waals surface area contributed by atoms with Gasteiger partial charge in [-0.25, -0.2) is 4.79 Å². The Morgan fingerprint density at radius 3 is 2.79 bits per heavy atom. The Labute approximate surface area is 79.9 Å². The van der Waals surface area contributed by atoms with Crippen LogP contribution >= 0.6 is 0 Å². The van der Waals surface area contributed by atoms with E-state index in [4.69, 9.17) is 9.84 Å². The van der Waals surface area contributed by atoms with E-state index >= 15 is 0 Å². The van der Waals surface area contributed by atoms with Gasteiger partial charge in [-0.2, -0.15) is 0 Å². The monoisotopic (exact) mass is 200 g/mol. The normalized spacial score (nSPS) is 10.1. The summed E-state index contributed by atoms with van der Waals surface area (Å²) in [5, 5.41) is 13.4. The molecule has 1 rings (SSSR count). The van der Waals surface area contributed by atoms with Crippen LogP contribution in [0.25, 0.3) is 0 Å². The fraction of sp³-hybridized carbons (Fsp3) is 0.500. The third-order valence-corrected chi connectivity index (χ3v) is 1.72. The van der Waals surface area contributed by atoms with Crippen LogP contribution in [0.4, 0.5) is 0 Å². The summed E-state index contributed by atoms with van der Waals surface area (Å²) in [5.41, 5.74) is -0.0843. The van der Waals surface area contributed by atoms with Gasteiger partial charge in [-0.05, 0) is 6.92 Å². The number of aliphatic hydroxyl groups is 1. The standard InChI is InChI=1S/C8H12N2O4/c1-2-14-8(13)6-5(3-4-11)7(12)10-9-6/h11H,2-4H2,1H3,(H2,9,10,12). The first kappa shape index (κ1) is 10.5. The van der Waals surface area contributed by atoms with Gasteiger partial charge in [0.25, 0.3) is 5.56 Å². The number of carbonyl (C=O) groups is 1. The highest BCUT2D eigenvalue weighted by molar-refractivity contribution is 5.88. The van der Waals surface area contributed by atoms with Gasteiger partial charge in [-0.1, -0.05) is 0 Å². The van der Waals surface area contributed by atoms with E-state index < -0.39 is 11.5 Å². The van der Waals surface area contributed by atoms with Crippen molar-refractivity contribution in [3.8, 4) is 0 Å². The zero-order chi connectivity index (χ0) is 10.6. The number of esters is 1. The number of ether oxygens (including phenoxy) is 1. The number of nitrogens with one attached hydrogen (secondary N) is 2. The summed E-state index contributed by atoms with van der Waals surface area (Å²) in [6.45, 7) is 1.73. The van der Waals surface area contributed by atoms with Crippen LogP contribution in [-0.4, -0.2) is 34.5 Å². The average molecular weight is 200 g/mol. The average Bonchev–Trinajstić information content (AvgIpc) is 2.50. The largest absolute Gasteiger partial charge is 0.461 e. The van der Waals surface area contributed by atoms with Gasteiger partial charge in [0.1, 0.15) is 5.69 Å². The van der Waals surface area contributed by atoms with Gasteiger partial charge < -0.3 is 9.84 Å². The Morgan fingerprint density at radius 2 is 2.21 bits per heavy atom. The number of hydrogen-bond donors (Lipinski definition) is 3. The highest BCUT2D eigenvalue weighted by Gasteiger charge is 2.17. The maximum absolute atomic E-state index is 11.3. The molecule has 0 aliphatic rings. The Hall–Kier alpha value is -1.56. The fourth-order valence-electron chi connectivity index (χ4n) is 1.11. The van der Waals surface area contributed by atoms with Gasteiger partial charge in [0, 0.05) is 13.0 Å². The summed E-state index contributed by atoms with van der Waals surface area (Å²) in [6, 6.07) is 0. The van der Waals surface area contributed by atoms with Gasteiger partial charge >= 0.3 is 5.97 Å². The van der Waals surface area contributed by atoms with Crippen molar-refractivity contribution in [2.24, 2.45) is 0 Å². The summed E-state index contributed by atoms with van der Waals surface area (Å²) in [6.07, 6.45) is 0.132. The predicted molar refractivity (Wildman–Crippen MR) is 48.2 cm³/mol. The molecule has 6 nitrogen and oxygen atoms in total. The second kappa shape index (κ2) is 4.61. The van der Waals surface area contributed by atoms with Crippen molar-refractivity contribution in [2.75, 3.05) is 13.2 Å². The summed E-state index contributed by atoms with van der Waals surface area (Å²) in [4.78, 5) is 22.4. The molecule has 0 aliphatic carbocycles. The van der Waals surface area contributed by atoms with Gasteiger partial charge in [-0.15, -0.1) is 0 Å². The first-order valence-electron chi connectivity index (χ1n) is 4.28. The van der Waals surface area contributed by atoms with Crippen LogP contribution in [0.3, 0.4) is 0 Å². The van der Waals surface area contributed by atoms with E-state index in [-0.39, 0.29) is 30.9 Å². The number of aliphatic hydroxyl groups excluding tert-OH is 1. The van der Waals surface area contributed by atoms with Gasteiger partial charge in [0.15, 0.2) is 0 Å². The molecule has 0 unspecified atom stereocenters. The summed E-state index contributed by atoms with van der Waals surface area (Å²) in [7, 11) is 0. The zero-order valence-electron chi connectivity index (χ0n) is 7.79. The van der Waals surface area contributed by atoms with Crippen molar-refractivity contribution in [2.45, 2.75) is 13.3 Å². The molecule has 1 aromatic heterocycles. The zero-order valence-corrected chi connectivity index (χ0v) is 7.79. The Balaban J connectivity index is 2.96. The minimum Gasteiger partial charge on any atom is -0.461 e. The van der Waals surface area contributed by atoms with Crippen LogP contribution in [-0.2, 0) is 11.2 Å². The van der Waals surface area contributed by atoms with E-state index in [1.807, 2.05) is 0 Å². The second-order valence-electron chi connectivity index (χ2n) is 2.63. The summed E-state index contributed by atoms with van der Waals surface area (Å²) in [5.74, 6) is -0.589. The smallest absolute Gasteiger partial charge is 0.356 e. The maximum Gasteiger partial charge on any atom is 0.356 e. The SMILES string of the molecule is CCOC(=O)c1[nH][nH]c(=O)c1CCO. The molecule has 6 heteroatoms. The first-order valence-corrected chi connectivity index (χ1v) is 4.28. The predicted octanol–water partition coefficient (Wildman–Crippen LogP) is -0.585. The lowest BCUT2D eigenvalue weighted by Gasteiger charge is -2.00. The molecular formula is C8H12N2O4. The lowest BCUT2D eigenvalue weighted by atomic mass is 10.2. The van der Waals surface area contributed by atoms with Gasteiger partial charge in [0.05, 0.1) is 12.2 Å². The highest BCUT2D eigenvalue weighted by atomic mass is 16.5. The fourth-order valence-corrected chi connectivity index (χ4v) is 1.11. The Bertz CT molecular complexity index is 366. The molecule has 1 heterocycles. The number of aromatic amines is 2. The molecular weight excluding hydrogens is 188 g/mol. The molecule has 14 heavy (non-hydrogen) atoms. The number of aromatic nitrogens is 2. The Morgan fingerprint density at radius 1 is 1.50 bits per heavy atom. The number of hydrogen-bond acceptors (Lipinski definition) is 4. The topological polar surface area (TPSA) is 95.2 Å². The molecule has 0 atom stereocenters. The molecule has 0 amide bonds. The Kier molecular flexibility index (Phi) is 3.47. The van der Waals surface area contributed by atoms with E-state index in [2.05, 4.69) is 10.2 Å². The van der Waals surface area contributed by atoms with E-state index in [9.17, 15) is 9.59 Å². The van der Waals surface area contributed by atoms with Crippen molar-refractivity contribution in [3.05, 3.63) is 21.6 Å². The molecule has 0 fully saturated rings. The summed E-state index contributed by atoms with van der Waals surface area (Å²) >= 11 is 0. The van der Waals surface area contributed by atoms with Crippen LogP contribution in [0, 0.1) is 0 Å². The lowest BCUT2D eigenvalue weighted by molar-refractivity contribution is 0.0518. The molecule has 3 N–H and O–H groups in total. The molecule has 0 radical (unpaired) electrons. The molecule has 0 spiro atoms. The van der Waals surface area contributed by atoms with Crippen molar-refractivity contribution in [1.82, 2.24) is 10.2 Å². The molecule has 0 saturated heterocycles. The third-order valence-electron chi connectivity index (χ3n) is 1.72. The van der Waals surface area contributed by atoms with Crippen LogP contribution in [0.2, 0.25) is 0 Å². The minimum absolute atomic E-state index is 0.0888. The molecule has 78 valence electrons. The van der Waals surface area contributed by atoms with Crippen molar-refractivity contribution in [1.29, 1.82) is 0 Å². The molecule has 0 aliphatic heterocycles. The highest BCUT2D eigenvalue weighted by Crippen LogP contribution is 2.02. The molecule has 0 saturated carbocycles. The van der Waals surface area contributed by atoms with Crippen LogP contribution in [0.5, 0.6) is 0 Å². The van der Waals surface area contributed by atoms with E-state index in [1.165, 1.54) is 0 Å². The number of carbonyl (C=O) groups excluding carboxylic acids is 1. The van der Waals surface area contributed by atoms with Crippen molar-refractivity contribution >= 4 is 5.97 Å². The maximum atomic E-state index is 11.3. The van der Waals surface area contributed by atoms with Crippen LogP contribution in [0.1, 0.15) is 23.0 Å². The minimum atomic E-state index is -0.589. The van der Waals surface area contributed by atoms with Crippen LogP contribution in [0.15, 0.2) is 4.79 Å². The molecule has 0 bridgehead atoms. The first-order chi connectivity index (χ1) is 6.70. The number of H-pyrrole nitrogens is 2. The van der Waals surface area contributed by atoms with Gasteiger partial charge in [0.2, 0.25) is 0 Å². The van der Waals surface area contributed by atoms with Crippen molar-refractivity contribution < 1.29 is 14.6 Å². The van der Waals surface area contributed by atoms with E-state index in [0.717, 1.165) is 0 Å². The quantitative estimate of drug-likeness (QED) is 0.566. The van der Waals surface area contributed by atoms with Crippen LogP contribution < -0.4 is 5.56 Å². The molecule has 0 aromatic carbocycles. The van der Waals surface area contributed by atoms with E-state index in [0.29, 0.717) is 0 Å². The number of rotatable bonds is 4. The molecule has 1 aromatic rings. The second-order valence-corrected chi connectivity index (χ2v) is 2.63. The van der Waals surface area contributed by atoms with E-state index in [1.54, 1.807) is 6.92 Å². The van der Waals surface area contributed by atoms with Gasteiger partial charge in [-0.3, -0.25) is 15.0 Å². The van der Waals surface area contributed by atoms with Crippen molar-refractivity contribution in [3.63, 3.8) is 0 Å². The lowest BCUT2D eigenvalue weighted by Crippen LogP contribution is -2.13. The summed E-state index contributed by atoms with van der Waals surface area (Å²) < 4.78 is 4.72.